The van der Waals surface area contributed by atoms with Gasteiger partial charge in [-0.2, -0.15) is 0 Å². The Balaban J connectivity index is 2.91. The van der Waals surface area contributed by atoms with Gasteiger partial charge in [0.05, 0.1) is 0 Å². The van der Waals surface area contributed by atoms with Gasteiger partial charge in [-0.3, -0.25) is 0 Å². The number of aromatic carboxylic acids is 1. The summed E-state index contributed by atoms with van der Waals surface area (Å²) < 4.78 is 2.71. The molecule has 1 heterocycles. The fourth-order valence-electron chi connectivity index (χ4n) is 2.12. The SMILES string of the molecule is CCc1c(C(=O)O)n(C)c2ccc(Br)cc12. The quantitative estimate of drug-likeness (QED) is 0.919. The Kier molecular flexibility index (Phi) is 2.76. The molecule has 0 saturated heterocycles. The predicted octanol–water partition coefficient (Wildman–Crippen LogP) is 3.20. The molecule has 0 aliphatic carbocycles. The third-order valence-electron chi connectivity index (χ3n) is 2.82. The van der Waals surface area contributed by atoms with Gasteiger partial charge in [0.1, 0.15) is 5.69 Å². The van der Waals surface area contributed by atoms with Gasteiger partial charge >= 0.3 is 5.97 Å². The summed E-state index contributed by atoms with van der Waals surface area (Å²) >= 11 is 3.41. The molecule has 16 heavy (non-hydrogen) atoms. The normalized spacial score (nSPS) is 10.9. The van der Waals surface area contributed by atoms with Crippen LogP contribution in [0.3, 0.4) is 0 Å². The summed E-state index contributed by atoms with van der Waals surface area (Å²) in [6.45, 7) is 1.97. The van der Waals surface area contributed by atoms with Gasteiger partial charge in [-0.15, -0.1) is 0 Å². The predicted molar refractivity (Wildman–Crippen MR) is 67.0 cm³/mol. The number of halogens is 1. The lowest BCUT2D eigenvalue weighted by Gasteiger charge is -1.99. The van der Waals surface area contributed by atoms with E-state index in [1.807, 2.05) is 25.1 Å². The first-order valence-corrected chi connectivity index (χ1v) is 5.85. The van der Waals surface area contributed by atoms with Crippen LogP contribution in [0.1, 0.15) is 23.0 Å². The van der Waals surface area contributed by atoms with Gasteiger partial charge in [-0.25, -0.2) is 4.79 Å². The van der Waals surface area contributed by atoms with Crippen LogP contribution in [0, 0.1) is 0 Å². The molecule has 1 aromatic carbocycles. The minimum absolute atomic E-state index is 0.385. The van der Waals surface area contributed by atoms with E-state index in [-0.39, 0.29) is 0 Å². The molecule has 0 bridgehead atoms. The van der Waals surface area contributed by atoms with E-state index < -0.39 is 5.97 Å². The maximum absolute atomic E-state index is 11.2. The molecule has 0 saturated carbocycles. The minimum atomic E-state index is -0.869. The zero-order chi connectivity index (χ0) is 11.9. The number of nitrogens with zero attached hydrogens (tertiary/aromatic N) is 1. The van der Waals surface area contributed by atoms with Crippen molar-refractivity contribution in [3.8, 4) is 0 Å². The number of aryl methyl sites for hydroxylation is 2. The number of carbonyl (C=O) groups is 1. The van der Waals surface area contributed by atoms with Gasteiger partial charge < -0.3 is 9.67 Å². The molecule has 84 valence electrons. The van der Waals surface area contributed by atoms with Gasteiger partial charge in [0.15, 0.2) is 0 Å². The average molecular weight is 282 g/mol. The van der Waals surface area contributed by atoms with E-state index in [4.69, 9.17) is 0 Å². The maximum atomic E-state index is 11.2. The first-order valence-electron chi connectivity index (χ1n) is 5.06. The summed E-state index contributed by atoms with van der Waals surface area (Å²) in [7, 11) is 1.79. The van der Waals surface area contributed by atoms with Crippen molar-refractivity contribution >= 4 is 32.8 Å². The van der Waals surface area contributed by atoms with Crippen LogP contribution in [0.15, 0.2) is 22.7 Å². The molecular formula is C12H12BrNO2. The highest BCUT2D eigenvalue weighted by atomic mass is 79.9. The van der Waals surface area contributed by atoms with E-state index in [0.29, 0.717) is 5.69 Å². The summed E-state index contributed by atoms with van der Waals surface area (Å²) in [5.74, 6) is -0.869. The Bertz CT molecular complexity index is 572. The van der Waals surface area contributed by atoms with Crippen LogP contribution >= 0.6 is 15.9 Å². The van der Waals surface area contributed by atoms with Crippen LogP contribution in [-0.2, 0) is 13.5 Å². The second-order valence-corrected chi connectivity index (χ2v) is 4.62. The molecule has 2 aromatic rings. The molecule has 0 amide bonds. The Morgan fingerprint density at radius 2 is 2.19 bits per heavy atom. The topological polar surface area (TPSA) is 42.2 Å². The van der Waals surface area contributed by atoms with Crippen molar-refractivity contribution in [1.29, 1.82) is 0 Å². The lowest BCUT2D eigenvalue weighted by molar-refractivity contribution is 0.0686. The summed E-state index contributed by atoms with van der Waals surface area (Å²) in [6.07, 6.45) is 0.718. The standard InChI is InChI=1S/C12H12BrNO2/c1-3-8-9-6-7(13)4-5-10(9)14(2)11(8)12(15)16/h4-6H,3H2,1-2H3,(H,15,16). The van der Waals surface area contributed by atoms with Crippen LogP contribution in [0.5, 0.6) is 0 Å². The highest BCUT2D eigenvalue weighted by Crippen LogP contribution is 2.28. The van der Waals surface area contributed by atoms with Crippen molar-refractivity contribution in [2.75, 3.05) is 0 Å². The molecule has 0 fully saturated rings. The molecule has 0 atom stereocenters. The Hall–Kier alpha value is -1.29. The summed E-state index contributed by atoms with van der Waals surface area (Å²) in [5.41, 5.74) is 2.24. The Morgan fingerprint density at radius 3 is 2.75 bits per heavy atom. The molecule has 0 unspecified atom stereocenters. The largest absolute Gasteiger partial charge is 0.477 e. The van der Waals surface area contributed by atoms with E-state index in [2.05, 4.69) is 15.9 Å². The van der Waals surface area contributed by atoms with Gasteiger partial charge in [-0.1, -0.05) is 22.9 Å². The van der Waals surface area contributed by atoms with Gasteiger partial charge in [0, 0.05) is 22.4 Å². The van der Waals surface area contributed by atoms with E-state index in [0.717, 1.165) is 27.4 Å². The third-order valence-corrected chi connectivity index (χ3v) is 3.32. The molecule has 1 N–H and O–H groups in total. The van der Waals surface area contributed by atoms with E-state index >= 15 is 0 Å². The number of hydrogen-bond donors (Lipinski definition) is 1. The minimum Gasteiger partial charge on any atom is -0.477 e. The van der Waals surface area contributed by atoms with Crippen molar-refractivity contribution in [3.05, 3.63) is 33.9 Å². The fraction of sp³-hybridized carbons (Fsp3) is 0.250. The smallest absolute Gasteiger partial charge is 0.352 e. The van der Waals surface area contributed by atoms with Gasteiger partial charge in [0.2, 0.25) is 0 Å². The van der Waals surface area contributed by atoms with Crippen LogP contribution in [0.4, 0.5) is 0 Å². The Labute approximate surface area is 102 Å². The van der Waals surface area contributed by atoms with Crippen LogP contribution in [0.25, 0.3) is 10.9 Å². The van der Waals surface area contributed by atoms with Gasteiger partial charge in [-0.05, 0) is 30.2 Å². The molecule has 3 nitrogen and oxygen atoms in total. The Morgan fingerprint density at radius 1 is 1.50 bits per heavy atom. The van der Waals surface area contributed by atoms with Crippen LogP contribution in [-0.4, -0.2) is 15.6 Å². The summed E-state index contributed by atoms with van der Waals surface area (Å²) in [6, 6.07) is 5.83. The molecule has 4 heteroatoms. The van der Waals surface area contributed by atoms with Crippen molar-refractivity contribution in [1.82, 2.24) is 4.57 Å². The number of rotatable bonds is 2. The molecule has 1 aromatic heterocycles. The third kappa shape index (κ3) is 1.53. The van der Waals surface area contributed by atoms with E-state index in [1.165, 1.54) is 0 Å². The zero-order valence-electron chi connectivity index (χ0n) is 9.12. The zero-order valence-corrected chi connectivity index (χ0v) is 10.7. The average Bonchev–Trinajstić information content (AvgIpc) is 2.50. The molecule has 0 aliphatic heterocycles. The van der Waals surface area contributed by atoms with E-state index in [1.54, 1.807) is 11.6 Å². The monoisotopic (exact) mass is 281 g/mol. The van der Waals surface area contributed by atoms with Crippen LogP contribution < -0.4 is 0 Å². The maximum Gasteiger partial charge on any atom is 0.352 e. The van der Waals surface area contributed by atoms with Crippen molar-refractivity contribution < 1.29 is 9.90 Å². The lowest BCUT2D eigenvalue weighted by Crippen LogP contribution is -2.06. The van der Waals surface area contributed by atoms with E-state index in [9.17, 15) is 9.90 Å². The summed E-state index contributed by atoms with van der Waals surface area (Å²) in [5, 5.41) is 10.2. The number of carboxylic acid groups (broad SMARTS) is 1. The molecule has 2 rings (SSSR count). The summed E-state index contributed by atoms with van der Waals surface area (Å²) in [4.78, 5) is 11.2. The van der Waals surface area contributed by atoms with Crippen molar-refractivity contribution in [3.63, 3.8) is 0 Å². The fourth-order valence-corrected chi connectivity index (χ4v) is 2.48. The molecule has 0 aliphatic rings. The molecule has 0 radical (unpaired) electrons. The number of benzene rings is 1. The van der Waals surface area contributed by atoms with Crippen molar-refractivity contribution in [2.24, 2.45) is 7.05 Å². The number of fused-ring (bicyclic) bond motifs is 1. The highest BCUT2D eigenvalue weighted by Gasteiger charge is 2.18. The molecule has 0 spiro atoms. The van der Waals surface area contributed by atoms with Crippen LogP contribution in [0.2, 0.25) is 0 Å². The second-order valence-electron chi connectivity index (χ2n) is 3.71. The first-order chi connectivity index (χ1) is 7.56. The molecular weight excluding hydrogens is 270 g/mol. The first kappa shape index (κ1) is 11.2. The number of hydrogen-bond acceptors (Lipinski definition) is 1. The second kappa shape index (κ2) is 3.94. The van der Waals surface area contributed by atoms with Crippen molar-refractivity contribution in [2.45, 2.75) is 13.3 Å². The lowest BCUT2D eigenvalue weighted by atomic mass is 10.1. The van der Waals surface area contributed by atoms with Gasteiger partial charge in [0.25, 0.3) is 0 Å². The number of carboxylic acids is 1. The number of aromatic nitrogens is 1. The highest BCUT2D eigenvalue weighted by molar-refractivity contribution is 9.10.